The third-order valence-electron chi connectivity index (χ3n) is 2.78. The van der Waals surface area contributed by atoms with E-state index < -0.39 is 0 Å². The number of benzene rings is 1. The van der Waals surface area contributed by atoms with Crippen LogP contribution < -0.4 is 10.6 Å². The molecular weight excluding hydrogens is 319 g/mol. The summed E-state index contributed by atoms with van der Waals surface area (Å²) in [4.78, 5) is 11.7. The van der Waals surface area contributed by atoms with Gasteiger partial charge in [-0.25, -0.2) is 0 Å². The van der Waals surface area contributed by atoms with E-state index in [0.717, 1.165) is 18.5 Å². The van der Waals surface area contributed by atoms with Gasteiger partial charge < -0.3 is 10.6 Å². The van der Waals surface area contributed by atoms with Gasteiger partial charge in [-0.1, -0.05) is 29.3 Å². The molecule has 3 nitrogen and oxygen atoms in total. The maximum atomic E-state index is 11.7. The Labute approximate surface area is 136 Å². The average molecular weight is 340 g/mol. The Hall–Kier alpha value is -0.480. The van der Waals surface area contributed by atoms with Crippen molar-refractivity contribution >= 4 is 41.5 Å². The molecule has 1 aromatic carbocycles. The van der Waals surface area contributed by atoms with Gasteiger partial charge in [-0.05, 0) is 51.1 Å². The Bertz CT molecular complexity index is 427. The van der Waals surface area contributed by atoms with E-state index in [4.69, 9.17) is 23.2 Å². The molecule has 1 unspecified atom stereocenters. The molecule has 6 heteroatoms. The van der Waals surface area contributed by atoms with E-state index in [1.807, 2.05) is 26.1 Å². The van der Waals surface area contributed by atoms with E-state index in [0.29, 0.717) is 22.9 Å². The predicted octanol–water partition coefficient (Wildman–Crippen LogP) is 3.46. The number of nitrogens with one attached hydrogen (secondary N) is 2. The van der Waals surface area contributed by atoms with Crippen molar-refractivity contribution in [3.63, 3.8) is 0 Å². The van der Waals surface area contributed by atoms with E-state index in [1.54, 1.807) is 6.07 Å². The first-order valence-electron chi connectivity index (χ1n) is 6.41. The fourth-order valence-electron chi connectivity index (χ4n) is 1.84. The van der Waals surface area contributed by atoms with Gasteiger partial charge in [0.15, 0.2) is 0 Å². The number of hydrogen-bond acceptors (Lipinski definition) is 2. The van der Waals surface area contributed by atoms with Crippen molar-refractivity contribution in [1.29, 1.82) is 0 Å². The quantitative estimate of drug-likeness (QED) is 0.747. The number of amides is 1. The molecule has 1 rings (SSSR count). The summed E-state index contributed by atoms with van der Waals surface area (Å²) < 4.78 is 0. The van der Waals surface area contributed by atoms with Crippen LogP contribution in [0.5, 0.6) is 0 Å². The molecule has 2 N–H and O–H groups in total. The second-order valence-electron chi connectivity index (χ2n) is 4.62. The summed E-state index contributed by atoms with van der Waals surface area (Å²) in [6.07, 6.45) is 2.09. The summed E-state index contributed by atoms with van der Waals surface area (Å²) in [5.41, 5.74) is 0.995. The first-order valence-corrected chi connectivity index (χ1v) is 7.16. The SMILES string of the molecule is CNCCCC(=O)NC(C)Cc1ccc(Cl)cc1Cl.Cl. The molecule has 1 amide bonds. The number of rotatable bonds is 7. The second kappa shape index (κ2) is 10.3. The Kier molecular flexibility index (Phi) is 10.0. The highest BCUT2D eigenvalue weighted by atomic mass is 35.5. The second-order valence-corrected chi connectivity index (χ2v) is 5.46. The third-order valence-corrected chi connectivity index (χ3v) is 3.37. The van der Waals surface area contributed by atoms with Crippen LogP contribution in [-0.4, -0.2) is 25.5 Å². The van der Waals surface area contributed by atoms with Crippen molar-refractivity contribution in [2.45, 2.75) is 32.2 Å². The maximum absolute atomic E-state index is 11.7. The van der Waals surface area contributed by atoms with Crippen molar-refractivity contribution in [3.05, 3.63) is 33.8 Å². The molecule has 0 aliphatic carbocycles. The first kappa shape index (κ1) is 19.5. The first-order chi connectivity index (χ1) is 9.02. The van der Waals surface area contributed by atoms with E-state index in [9.17, 15) is 4.79 Å². The molecule has 0 aliphatic heterocycles. The van der Waals surface area contributed by atoms with Crippen LogP contribution in [0.25, 0.3) is 0 Å². The van der Waals surface area contributed by atoms with Crippen LogP contribution in [0.3, 0.4) is 0 Å². The maximum Gasteiger partial charge on any atom is 0.220 e. The topological polar surface area (TPSA) is 41.1 Å². The van der Waals surface area contributed by atoms with Crippen LogP contribution in [-0.2, 0) is 11.2 Å². The van der Waals surface area contributed by atoms with Gasteiger partial charge in [0.05, 0.1) is 0 Å². The molecule has 0 saturated heterocycles. The minimum Gasteiger partial charge on any atom is -0.353 e. The lowest BCUT2D eigenvalue weighted by atomic mass is 10.1. The van der Waals surface area contributed by atoms with Crippen LogP contribution in [0.4, 0.5) is 0 Å². The fraction of sp³-hybridized carbons (Fsp3) is 0.500. The number of hydrogen-bond donors (Lipinski definition) is 2. The molecule has 0 aliphatic rings. The van der Waals surface area contributed by atoms with E-state index in [-0.39, 0.29) is 24.4 Å². The normalized spacial score (nSPS) is 11.6. The number of carbonyl (C=O) groups is 1. The lowest BCUT2D eigenvalue weighted by molar-refractivity contribution is -0.121. The summed E-state index contributed by atoms with van der Waals surface area (Å²) >= 11 is 12.0. The number of carbonyl (C=O) groups excluding carboxylic acids is 1. The molecule has 1 aromatic rings. The number of halogens is 3. The van der Waals surface area contributed by atoms with E-state index >= 15 is 0 Å². The van der Waals surface area contributed by atoms with Crippen molar-refractivity contribution in [1.82, 2.24) is 10.6 Å². The van der Waals surface area contributed by atoms with Gasteiger partial charge in [0.1, 0.15) is 0 Å². The van der Waals surface area contributed by atoms with Crippen LogP contribution in [0, 0.1) is 0 Å². The lowest BCUT2D eigenvalue weighted by Gasteiger charge is -2.15. The Morgan fingerprint density at radius 3 is 2.65 bits per heavy atom. The lowest BCUT2D eigenvalue weighted by Crippen LogP contribution is -2.34. The van der Waals surface area contributed by atoms with E-state index in [1.165, 1.54) is 0 Å². The molecule has 20 heavy (non-hydrogen) atoms. The highest BCUT2D eigenvalue weighted by Gasteiger charge is 2.10. The van der Waals surface area contributed by atoms with Gasteiger partial charge in [-0.3, -0.25) is 4.79 Å². The zero-order valence-corrected chi connectivity index (χ0v) is 14.0. The van der Waals surface area contributed by atoms with Crippen LogP contribution in [0.15, 0.2) is 18.2 Å². The molecule has 0 bridgehead atoms. The molecular formula is C14H21Cl3N2O. The van der Waals surface area contributed by atoms with Gasteiger partial charge in [-0.2, -0.15) is 0 Å². The zero-order chi connectivity index (χ0) is 14.3. The Morgan fingerprint density at radius 2 is 2.05 bits per heavy atom. The van der Waals surface area contributed by atoms with Crippen molar-refractivity contribution < 1.29 is 4.79 Å². The van der Waals surface area contributed by atoms with Crippen LogP contribution in [0.1, 0.15) is 25.3 Å². The van der Waals surface area contributed by atoms with Gasteiger partial charge in [-0.15, -0.1) is 12.4 Å². The molecule has 0 saturated carbocycles. The average Bonchev–Trinajstić information content (AvgIpc) is 2.33. The minimum absolute atomic E-state index is 0. The summed E-state index contributed by atoms with van der Waals surface area (Å²) in [7, 11) is 1.88. The highest BCUT2D eigenvalue weighted by Crippen LogP contribution is 2.22. The Morgan fingerprint density at radius 1 is 1.35 bits per heavy atom. The summed E-state index contributed by atoms with van der Waals surface area (Å²) in [5.74, 6) is 0.0767. The minimum atomic E-state index is 0. The van der Waals surface area contributed by atoms with Gasteiger partial charge in [0.25, 0.3) is 0 Å². The molecule has 0 aromatic heterocycles. The van der Waals surface area contributed by atoms with Crippen LogP contribution in [0.2, 0.25) is 10.0 Å². The van der Waals surface area contributed by atoms with Crippen LogP contribution >= 0.6 is 35.6 Å². The third kappa shape index (κ3) is 7.34. The molecule has 1 atom stereocenters. The highest BCUT2D eigenvalue weighted by molar-refractivity contribution is 6.35. The molecule has 0 radical (unpaired) electrons. The van der Waals surface area contributed by atoms with Gasteiger partial charge >= 0.3 is 0 Å². The predicted molar refractivity (Wildman–Crippen MR) is 88.2 cm³/mol. The van der Waals surface area contributed by atoms with Gasteiger partial charge in [0, 0.05) is 22.5 Å². The summed E-state index contributed by atoms with van der Waals surface area (Å²) in [6, 6.07) is 5.49. The fourth-order valence-corrected chi connectivity index (χ4v) is 2.33. The summed E-state index contributed by atoms with van der Waals surface area (Å²) in [6.45, 7) is 2.83. The molecule has 114 valence electrons. The van der Waals surface area contributed by atoms with Gasteiger partial charge in [0.2, 0.25) is 5.91 Å². The monoisotopic (exact) mass is 338 g/mol. The standard InChI is InChI=1S/C14H20Cl2N2O.ClH/c1-10(18-14(19)4-3-7-17-2)8-11-5-6-12(15)9-13(11)16;/h5-6,9-10,17H,3-4,7-8H2,1-2H3,(H,18,19);1H. The van der Waals surface area contributed by atoms with Crippen molar-refractivity contribution in [2.75, 3.05) is 13.6 Å². The van der Waals surface area contributed by atoms with Crippen molar-refractivity contribution in [3.8, 4) is 0 Å². The van der Waals surface area contributed by atoms with Crippen molar-refractivity contribution in [2.24, 2.45) is 0 Å². The van der Waals surface area contributed by atoms with E-state index in [2.05, 4.69) is 10.6 Å². The smallest absolute Gasteiger partial charge is 0.220 e. The molecule has 0 heterocycles. The zero-order valence-electron chi connectivity index (χ0n) is 11.7. The Balaban J connectivity index is 0.00000361. The largest absolute Gasteiger partial charge is 0.353 e. The molecule has 0 fully saturated rings. The molecule has 0 spiro atoms. The summed E-state index contributed by atoms with van der Waals surface area (Å²) in [5, 5.41) is 7.25.